The maximum Gasteiger partial charge on any atom is 0.249 e. The molecule has 1 rings (SSSR count). The number of rotatable bonds is 5. The number of aliphatic imine (C=N–C) groups is 1. The lowest BCUT2D eigenvalue weighted by Crippen LogP contribution is -2.07. The van der Waals surface area contributed by atoms with Crippen LogP contribution in [0.5, 0.6) is 0 Å². The van der Waals surface area contributed by atoms with Gasteiger partial charge in [0.1, 0.15) is 6.10 Å². The Kier molecular flexibility index (Phi) is 10.2. The molecule has 0 saturated carbocycles. The summed E-state index contributed by atoms with van der Waals surface area (Å²) in [5.74, 6) is 0. The number of carbonyl (C=O) groups is 1. The lowest BCUT2D eigenvalue weighted by Gasteiger charge is -1.91. The van der Waals surface area contributed by atoms with Gasteiger partial charge in [0.25, 0.3) is 0 Å². The average molecular weight is 270 g/mol. The SMILES string of the molecule is CC(O)C(=O)Cl.CCCCN=Cc1ccccc1. The fourth-order valence-electron chi connectivity index (χ4n) is 0.958. The van der Waals surface area contributed by atoms with Gasteiger partial charge in [-0.3, -0.25) is 9.79 Å². The zero-order valence-electron chi connectivity index (χ0n) is 10.8. The number of nitrogens with zero attached hydrogens (tertiary/aromatic N) is 1. The van der Waals surface area contributed by atoms with Crippen LogP contribution < -0.4 is 0 Å². The van der Waals surface area contributed by atoms with Crippen molar-refractivity contribution in [3.8, 4) is 0 Å². The van der Waals surface area contributed by atoms with Gasteiger partial charge in [-0.05, 0) is 30.5 Å². The van der Waals surface area contributed by atoms with Gasteiger partial charge in [-0.25, -0.2) is 0 Å². The van der Waals surface area contributed by atoms with E-state index in [9.17, 15) is 4.79 Å². The van der Waals surface area contributed by atoms with Gasteiger partial charge >= 0.3 is 0 Å². The van der Waals surface area contributed by atoms with Crippen molar-refractivity contribution in [1.29, 1.82) is 0 Å². The fraction of sp³-hybridized carbons (Fsp3) is 0.429. The summed E-state index contributed by atoms with van der Waals surface area (Å²) in [6.45, 7) is 4.44. The monoisotopic (exact) mass is 269 g/mol. The first-order valence-corrected chi connectivity index (χ1v) is 6.38. The predicted octanol–water partition coefficient (Wildman–Crippen LogP) is 3.04. The second-order valence-corrected chi connectivity index (χ2v) is 4.15. The summed E-state index contributed by atoms with van der Waals surface area (Å²) in [6.07, 6.45) is 3.32. The number of hydrogen-bond acceptors (Lipinski definition) is 3. The molecule has 18 heavy (non-hydrogen) atoms. The number of aliphatic hydroxyl groups excluding tert-OH is 1. The van der Waals surface area contributed by atoms with Crippen LogP contribution in [0.1, 0.15) is 32.3 Å². The normalized spacial score (nSPS) is 11.8. The highest BCUT2D eigenvalue weighted by Crippen LogP contribution is 1.94. The Hall–Kier alpha value is -1.19. The number of halogens is 1. The fourth-order valence-corrected chi connectivity index (χ4v) is 0.958. The average Bonchev–Trinajstić information content (AvgIpc) is 2.36. The first kappa shape index (κ1) is 16.8. The van der Waals surface area contributed by atoms with Crippen LogP contribution in [0.3, 0.4) is 0 Å². The Morgan fingerprint density at radius 1 is 1.44 bits per heavy atom. The first-order chi connectivity index (χ1) is 8.57. The minimum atomic E-state index is -1.02. The third kappa shape index (κ3) is 10.00. The highest BCUT2D eigenvalue weighted by molar-refractivity contribution is 6.64. The minimum absolute atomic E-state index is 0.713. The predicted molar refractivity (Wildman–Crippen MR) is 76.4 cm³/mol. The van der Waals surface area contributed by atoms with E-state index in [1.54, 1.807) is 0 Å². The van der Waals surface area contributed by atoms with Crippen LogP contribution in [0.25, 0.3) is 0 Å². The zero-order valence-corrected chi connectivity index (χ0v) is 11.6. The molecular formula is C14H20ClNO2. The van der Waals surface area contributed by atoms with Crippen molar-refractivity contribution in [1.82, 2.24) is 0 Å². The van der Waals surface area contributed by atoms with Crippen LogP contribution in [0, 0.1) is 0 Å². The van der Waals surface area contributed by atoms with Gasteiger partial charge in [0.15, 0.2) is 0 Å². The van der Waals surface area contributed by atoms with Crippen LogP contribution in [0.15, 0.2) is 35.3 Å². The van der Waals surface area contributed by atoms with Crippen LogP contribution in [-0.2, 0) is 4.79 Å². The van der Waals surface area contributed by atoms with E-state index in [-0.39, 0.29) is 0 Å². The summed E-state index contributed by atoms with van der Waals surface area (Å²) in [4.78, 5) is 14.0. The van der Waals surface area contributed by atoms with E-state index in [1.807, 2.05) is 24.4 Å². The van der Waals surface area contributed by atoms with Gasteiger partial charge in [0, 0.05) is 12.8 Å². The van der Waals surface area contributed by atoms with Gasteiger partial charge in [-0.1, -0.05) is 43.7 Å². The lowest BCUT2D eigenvalue weighted by molar-refractivity contribution is -0.118. The van der Waals surface area contributed by atoms with E-state index in [4.69, 9.17) is 16.7 Å². The number of hydrogen-bond donors (Lipinski definition) is 1. The van der Waals surface area contributed by atoms with Crippen molar-refractivity contribution in [2.45, 2.75) is 32.8 Å². The maximum atomic E-state index is 9.66. The topological polar surface area (TPSA) is 49.7 Å². The largest absolute Gasteiger partial charge is 0.384 e. The highest BCUT2D eigenvalue weighted by Gasteiger charge is 2.00. The van der Waals surface area contributed by atoms with E-state index >= 15 is 0 Å². The molecule has 0 aromatic heterocycles. The maximum absolute atomic E-state index is 9.66. The third-order valence-electron chi connectivity index (χ3n) is 2.01. The van der Waals surface area contributed by atoms with E-state index in [1.165, 1.54) is 25.3 Å². The molecule has 1 unspecified atom stereocenters. The molecule has 3 nitrogen and oxygen atoms in total. The van der Waals surface area contributed by atoms with Crippen molar-refractivity contribution in [3.05, 3.63) is 35.9 Å². The summed E-state index contributed by atoms with van der Waals surface area (Å²) in [6, 6.07) is 10.2. The van der Waals surface area contributed by atoms with E-state index < -0.39 is 11.3 Å². The molecule has 1 atom stereocenters. The second-order valence-electron chi connectivity index (χ2n) is 3.78. The van der Waals surface area contributed by atoms with Gasteiger partial charge < -0.3 is 5.11 Å². The quantitative estimate of drug-likeness (QED) is 0.507. The Bertz CT molecular complexity index is 350. The van der Waals surface area contributed by atoms with Crippen LogP contribution >= 0.6 is 11.6 Å². The van der Waals surface area contributed by atoms with Gasteiger partial charge in [-0.15, -0.1) is 0 Å². The van der Waals surface area contributed by atoms with Crippen molar-refractivity contribution < 1.29 is 9.90 Å². The summed E-state index contributed by atoms with van der Waals surface area (Å²) in [5.41, 5.74) is 1.19. The van der Waals surface area contributed by atoms with Crippen molar-refractivity contribution in [2.24, 2.45) is 4.99 Å². The van der Waals surface area contributed by atoms with Crippen LogP contribution in [0.4, 0.5) is 0 Å². The van der Waals surface area contributed by atoms with E-state index in [0.717, 1.165) is 6.54 Å². The summed E-state index contributed by atoms with van der Waals surface area (Å²) in [5, 5.41) is 7.44. The summed E-state index contributed by atoms with van der Waals surface area (Å²) >= 11 is 4.72. The molecule has 0 spiro atoms. The Morgan fingerprint density at radius 3 is 2.44 bits per heavy atom. The molecule has 0 saturated heterocycles. The molecule has 1 aromatic rings. The molecular weight excluding hydrogens is 250 g/mol. The van der Waals surface area contributed by atoms with Crippen molar-refractivity contribution in [3.63, 3.8) is 0 Å². The smallest absolute Gasteiger partial charge is 0.249 e. The van der Waals surface area contributed by atoms with Crippen molar-refractivity contribution >= 4 is 23.1 Å². The first-order valence-electron chi connectivity index (χ1n) is 6.00. The molecule has 1 aromatic carbocycles. The van der Waals surface area contributed by atoms with Gasteiger partial charge in [0.2, 0.25) is 5.24 Å². The number of benzene rings is 1. The summed E-state index contributed by atoms with van der Waals surface area (Å²) in [7, 11) is 0. The molecule has 100 valence electrons. The van der Waals surface area contributed by atoms with Crippen molar-refractivity contribution in [2.75, 3.05) is 6.54 Å². The molecule has 0 aliphatic rings. The molecule has 0 aliphatic carbocycles. The van der Waals surface area contributed by atoms with Gasteiger partial charge in [-0.2, -0.15) is 0 Å². The molecule has 1 N–H and O–H groups in total. The number of aliphatic hydroxyl groups is 1. The van der Waals surface area contributed by atoms with E-state index in [0.29, 0.717) is 0 Å². The number of unbranched alkanes of at least 4 members (excludes halogenated alkanes) is 1. The van der Waals surface area contributed by atoms with Gasteiger partial charge in [0.05, 0.1) is 0 Å². The Labute approximate surface area is 114 Å². The third-order valence-corrected chi connectivity index (χ3v) is 2.32. The number of carbonyl (C=O) groups excluding carboxylic acids is 1. The standard InChI is InChI=1S/C11H15N.C3H5ClO2/c1-2-3-9-12-10-11-7-5-4-6-8-11;1-2(5)3(4)6/h4-8,10H,2-3,9H2,1H3;2,5H,1H3. The molecule has 4 heteroatoms. The Morgan fingerprint density at radius 2 is 2.00 bits per heavy atom. The second kappa shape index (κ2) is 10.9. The molecule has 0 bridgehead atoms. The molecule has 0 aliphatic heterocycles. The minimum Gasteiger partial charge on any atom is -0.384 e. The lowest BCUT2D eigenvalue weighted by atomic mass is 10.2. The molecule has 0 heterocycles. The molecule has 0 radical (unpaired) electrons. The Balaban J connectivity index is 0.000000411. The molecule has 0 fully saturated rings. The van der Waals surface area contributed by atoms with E-state index in [2.05, 4.69) is 24.0 Å². The zero-order chi connectivity index (χ0) is 13.8. The highest BCUT2D eigenvalue weighted by atomic mass is 35.5. The van der Waals surface area contributed by atoms with Crippen LogP contribution in [0.2, 0.25) is 0 Å². The summed E-state index contributed by atoms with van der Waals surface area (Å²) < 4.78 is 0. The van der Waals surface area contributed by atoms with Crippen LogP contribution in [-0.4, -0.2) is 29.2 Å². The molecule has 0 amide bonds.